The highest BCUT2D eigenvalue weighted by Crippen LogP contribution is 2.30. The molecule has 2 aromatic carbocycles. The van der Waals surface area contributed by atoms with Gasteiger partial charge < -0.3 is 15.2 Å². The standard InChI is InChI=1S/C28H25F3N6O2/c1-3-4-14-37-25(38)20-16-36(26(39)24-33-22-7-5-6-8-23(22)34-24)15-13-21(20)35-27(37)32-17(2)18-9-11-19(12-10-18)28(29,30)31/h1,5-12,17H,4,13-16H2,2H3,(H,32,35)(H,33,34). The SMILES string of the molecule is C#CCCn1c(NC(C)c2ccc(C(F)(F)F)cc2)nc2c(c1=O)CN(C(=O)c1nc3ccccc3[nH]1)CC2. The number of amides is 1. The van der Waals surface area contributed by atoms with Gasteiger partial charge in [0.25, 0.3) is 11.5 Å². The number of anilines is 1. The molecule has 1 aliphatic rings. The summed E-state index contributed by atoms with van der Waals surface area (Å²) < 4.78 is 40.3. The number of nitrogens with zero attached hydrogens (tertiary/aromatic N) is 4. The number of carbonyl (C=O) groups is 1. The van der Waals surface area contributed by atoms with Crippen LogP contribution in [0.15, 0.2) is 53.3 Å². The van der Waals surface area contributed by atoms with Gasteiger partial charge in [0.2, 0.25) is 5.95 Å². The van der Waals surface area contributed by atoms with Gasteiger partial charge in [0.1, 0.15) is 0 Å². The molecule has 11 heteroatoms. The molecule has 1 aliphatic heterocycles. The second kappa shape index (κ2) is 10.3. The summed E-state index contributed by atoms with van der Waals surface area (Å²) in [6, 6.07) is 11.7. The van der Waals surface area contributed by atoms with E-state index in [1.807, 2.05) is 24.3 Å². The summed E-state index contributed by atoms with van der Waals surface area (Å²) in [6.07, 6.45) is 1.65. The fourth-order valence-corrected chi connectivity index (χ4v) is 4.62. The highest BCUT2D eigenvalue weighted by atomic mass is 19.4. The van der Waals surface area contributed by atoms with Crippen molar-refractivity contribution in [2.45, 2.75) is 45.1 Å². The van der Waals surface area contributed by atoms with Crippen LogP contribution in [0.1, 0.15) is 52.4 Å². The van der Waals surface area contributed by atoms with Crippen molar-refractivity contribution in [2.75, 3.05) is 11.9 Å². The predicted octanol–water partition coefficient (Wildman–Crippen LogP) is 4.53. The lowest BCUT2D eigenvalue weighted by molar-refractivity contribution is -0.137. The van der Waals surface area contributed by atoms with Crippen LogP contribution in [0.25, 0.3) is 11.0 Å². The van der Waals surface area contributed by atoms with Gasteiger partial charge in [-0.2, -0.15) is 13.2 Å². The molecule has 0 bridgehead atoms. The van der Waals surface area contributed by atoms with Gasteiger partial charge in [0.05, 0.1) is 40.4 Å². The number of rotatable bonds is 6. The van der Waals surface area contributed by atoms with Crippen molar-refractivity contribution < 1.29 is 18.0 Å². The van der Waals surface area contributed by atoms with E-state index in [-0.39, 0.29) is 42.7 Å². The molecule has 5 rings (SSSR count). The Bertz CT molecular complexity index is 1600. The number of para-hydroxylation sites is 2. The molecule has 0 aliphatic carbocycles. The van der Waals surface area contributed by atoms with Crippen molar-refractivity contribution in [3.8, 4) is 12.3 Å². The van der Waals surface area contributed by atoms with E-state index in [0.29, 0.717) is 35.3 Å². The number of alkyl halides is 3. The first-order chi connectivity index (χ1) is 18.7. The number of terminal acetylenes is 1. The van der Waals surface area contributed by atoms with Crippen LogP contribution in [-0.2, 0) is 25.7 Å². The summed E-state index contributed by atoms with van der Waals surface area (Å²) in [5.74, 6) is 2.68. The number of benzene rings is 2. The third kappa shape index (κ3) is 5.23. The Morgan fingerprint density at radius 3 is 2.62 bits per heavy atom. The molecule has 39 heavy (non-hydrogen) atoms. The molecular weight excluding hydrogens is 509 g/mol. The van der Waals surface area contributed by atoms with Crippen molar-refractivity contribution in [3.05, 3.63) is 87.1 Å². The third-order valence-corrected chi connectivity index (χ3v) is 6.76. The number of fused-ring (bicyclic) bond motifs is 2. The molecule has 2 aromatic heterocycles. The molecule has 0 saturated carbocycles. The minimum Gasteiger partial charge on any atom is -0.349 e. The summed E-state index contributed by atoms with van der Waals surface area (Å²) in [6.45, 7) is 2.38. The van der Waals surface area contributed by atoms with Gasteiger partial charge in [0, 0.05) is 25.9 Å². The maximum Gasteiger partial charge on any atom is 0.416 e. The first kappa shape index (κ1) is 26.0. The topological polar surface area (TPSA) is 95.9 Å². The highest BCUT2D eigenvalue weighted by molar-refractivity contribution is 5.94. The van der Waals surface area contributed by atoms with E-state index >= 15 is 0 Å². The molecule has 0 saturated heterocycles. The van der Waals surface area contributed by atoms with E-state index in [4.69, 9.17) is 11.4 Å². The zero-order chi connectivity index (χ0) is 27.7. The lowest BCUT2D eigenvalue weighted by atomic mass is 10.1. The van der Waals surface area contributed by atoms with Crippen LogP contribution in [-0.4, -0.2) is 36.9 Å². The zero-order valence-corrected chi connectivity index (χ0v) is 21.0. The normalized spacial score (nSPS) is 14.1. The van der Waals surface area contributed by atoms with Gasteiger partial charge >= 0.3 is 6.18 Å². The molecule has 3 heterocycles. The van der Waals surface area contributed by atoms with E-state index in [1.54, 1.807) is 11.8 Å². The largest absolute Gasteiger partial charge is 0.416 e. The number of hydrogen-bond acceptors (Lipinski definition) is 5. The van der Waals surface area contributed by atoms with Gasteiger partial charge in [-0.1, -0.05) is 24.3 Å². The van der Waals surface area contributed by atoms with Crippen LogP contribution in [0.2, 0.25) is 0 Å². The number of imidazole rings is 1. The lowest BCUT2D eigenvalue weighted by Crippen LogP contribution is -2.42. The Labute approximate surface area is 221 Å². The van der Waals surface area contributed by atoms with E-state index < -0.39 is 17.8 Å². The van der Waals surface area contributed by atoms with Gasteiger partial charge in [-0.3, -0.25) is 14.2 Å². The zero-order valence-electron chi connectivity index (χ0n) is 21.0. The summed E-state index contributed by atoms with van der Waals surface area (Å²) in [5, 5.41) is 3.17. The van der Waals surface area contributed by atoms with E-state index in [0.717, 1.165) is 17.6 Å². The van der Waals surface area contributed by atoms with Gasteiger partial charge in [-0.25, -0.2) is 9.97 Å². The Morgan fingerprint density at radius 1 is 1.18 bits per heavy atom. The molecule has 200 valence electrons. The molecule has 0 radical (unpaired) electrons. The average Bonchev–Trinajstić information content (AvgIpc) is 3.36. The van der Waals surface area contributed by atoms with Gasteiger partial charge in [-0.05, 0) is 36.8 Å². The fourth-order valence-electron chi connectivity index (χ4n) is 4.62. The number of aromatic nitrogens is 4. The lowest BCUT2D eigenvalue weighted by Gasteiger charge is -2.29. The summed E-state index contributed by atoms with van der Waals surface area (Å²) in [5.41, 5.74) is 1.92. The van der Waals surface area contributed by atoms with Crippen LogP contribution in [0, 0.1) is 12.3 Å². The maximum absolute atomic E-state index is 13.6. The Balaban J connectivity index is 1.41. The number of H-pyrrole nitrogens is 1. The molecule has 1 unspecified atom stereocenters. The molecule has 2 N–H and O–H groups in total. The second-order valence-electron chi connectivity index (χ2n) is 9.34. The monoisotopic (exact) mass is 534 g/mol. The first-order valence-corrected chi connectivity index (χ1v) is 12.4. The summed E-state index contributed by atoms with van der Waals surface area (Å²) >= 11 is 0. The van der Waals surface area contributed by atoms with Crippen molar-refractivity contribution in [1.29, 1.82) is 0 Å². The molecule has 8 nitrogen and oxygen atoms in total. The predicted molar refractivity (Wildman–Crippen MR) is 140 cm³/mol. The summed E-state index contributed by atoms with van der Waals surface area (Å²) in [7, 11) is 0. The number of aromatic amines is 1. The molecular formula is C28H25F3N6O2. The number of halogens is 3. The van der Waals surface area contributed by atoms with Crippen LogP contribution in [0.4, 0.5) is 19.1 Å². The maximum atomic E-state index is 13.6. The number of carbonyl (C=O) groups excluding carboxylic acids is 1. The van der Waals surface area contributed by atoms with Crippen molar-refractivity contribution in [3.63, 3.8) is 0 Å². The van der Waals surface area contributed by atoms with Crippen molar-refractivity contribution in [2.24, 2.45) is 0 Å². The van der Waals surface area contributed by atoms with Crippen molar-refractivity contribution in [1.82, 2.24) is 24.4 Å². The number of nitrogens with one attached hydrogen (secondary N) is 2. The van der Waals surface area contributed by atoms with Gasteiger partial charge in [-0.15, -0.1) is 12.3 Å². The number of hydrogen-bond donors (Lipinski definition) is 2. The van der Waals surface area contributed by atoms with Crippen LogP contribution in [0.3, 0.4) is 0 Å². The smallest absolute Gasteiger partial charge is 0.349 e. The third-order valence-electron chi connectivity index (χ3n) is 6.76. The van der Waals surface area contributed by atoms with E-state index in [2.05, 4.69) is 21.2 Å². The molecule has 1 amide bonds. The Kier molecular flexibility index (Phi) is 6.87. The molecule has 0 fully saturated rings. The second-order valence-corrected chi connectivity index (χ2v) is 9.34. The minimum atomic E-state index is -4.43. The van der Waals surface area contributed by atoms with Crippen LogP contribution >= 0.6 is 0 Å². The minimum absolute atomic E-state index is 0.0713. The Hall–Kier alpha value is -4.59. The quantitative estimate of drug-likeness (QED) is 0.355. The van der Waals surface area contributed by atoms with Crippen LogP contribution < -0.4 is 10.9 Å². The average molecular weight is 535 g/mol. The van der Waals surface area contributed by atoms with Crippen LogP contribution in [0.5, 0.6) is 0 Å². The molecule has 0 spiro atoms. The highest BCUT2D eigenvalue weighted by Gasteiger charge is 2.31. The summed E-state index contributed by atoms with van der Waals surface area (Å²) in [4.78, 5) is 40.4. The van der Waals surface area contributed by atoms with E-state index in [9.17, 15) is 22.8 Å². The fraction of sp³-hybridized carbons (Fsp3) is 0.286. The first-order valence-electron chi connectivity index (χ1n) is 12.4. The van der Waals surface area contributed by atoms with E-state index in [1.165, 1.54) is 16.7 Å². The van der Waals surface area contributed by atoms with Crippen molar-refractivity contribution >= 4 is 22.9 Å². The molecule has 4 aromatic rings. The Morgan fingerprint density at radius 2 is 1.92 bits per heavy atom. The van der Waals surface area contributed by atoms with Gasteiger partial charge in [0.15, 0.2) is 5.82 Å². The molecule has 1 atom stereocenters.